The number of H-pyrrole nitrogens is 1. The highest BCUT2D eigenvalue weighted by molar-refractivity contribution is 7.71. The summed E-state index contributed by atoms with van der Waals surface area (Å²) in [5.74, 6) is 0. The Morgan fingerprint density at radius 3 is 2.82 bits per heavy atom. The summed E-state index contributed by atoms with van der Waals surface area (Å²) >= 11 is 5.02. The lowest BCUT2D eigenvalue weighted by molar-refractivity contribution is 1.14. The minimum absolute atomic E-state index is 0.494. The van der Waals surface area contributed by atoms with Crippen LogP contribution in [0.2, 0.25) is 0 Å². The monoisotopic (exact) mass is 239 g/mol. The van der Waals surface area contributed by atoms with Crippen molar-refractivity contribution in [3.05, 3.63) is 53.6 Å². The van der Waals surface area contributed by atoms with E-state index in [4.69, 9.17) is 12.2 Å². The summed E-state index contributed by atoms with van der Waals surface area (Å²) in [6.07, 6.45) is 3.50. The Bertz CT molecular complexity index is 734. The van der Waals surface area contributed by atoms with Crippen molar-refractivity contribution in [2.24, 2.45) is 0 Å². The Hall–Kier alpha value is -2.07. The van der Waals surface area contributed by atoms with Crippen LogP contribution in [0.25, 0.3) is 22.2 Å². The van der Waals surface area contributed by atoms with E-state index in [0.29, 0.717) is 4.77 Å². The van der Waals surface area contributed by atoms with Gasteiger partial charge in [-0.05, 0) is 42.0 Å². The summed E-state index contributed by atoms with van der Waals surface area (Å²) in [6, 6.07) is 12.0. The average Bonchev–Trinajstić information content (AvgIpc) is 2.38. The highest BCUT2D eigenvalue weighted by atomic mass is 32.1. The molecule has 0 aliphatic heterocycles. The van der Waals surface area contributed by atoms with Gasteiger partial charge in [-0.1, -0.05) is 12.1 Å². The summed E-state index contributed by atoms with van der Waals surface area (Å²) in [7, 11) is 0. The minimum Gasteiger partial charge on any atom is -0.330 e. The first-order valence-electron chi connectivity index (χ1n) is 5.23. The van der Waals surface area contributed by atoms with Crippen LogP contribution in [-0.4, -0.2) is 15.0 Å². The van der Waals surface area contributed by atoms with Crippen LogP contribution < -0.4 is 0 Å². The van der Waals surface area contributed by atoms with Crippen molar-refractivity contribution in [1.29, 1.82) is 0 Å². The maximum atomic E-state index is 5.02. The number of rotatable bonds is 1. The molecule has 0 spiro atoms. The third kappa shape index (κ3) is 1.94. The second-order valence-corrected chi connectivity index (χ2v) is 4.09. The fourth-order valence-electron chi connectivity index (χ4n) is 1.78. The SMILES string of the molecule is S=c1nccc(-c2ccc3ncccc3c2)[nH]1. The topological polar surface area (TPSA) is 41.6 Å². The maximum absolute atomic E-state index is 5.02. The third-order valence-corrected chi connectivity index (χ3v) is 2.80. The van der Waals surface area contributed by atoms with Gasteiger partial charge < -0.3 is 4.98 Å². The summed E-state index contributed by atoms with van der Waals surface area (Å²) in [5, 5.41) is 1.11. The van der Waals surface area contributed by atoms with Crippen molar-refractivity contribution in [2.75, 3.05) is 0 Å². The number of aromatic nitrogens is 3. The molecule has 4 heteroatoms. The molecule has 3 nitrogen and oxygen atoms in total. The minimum atomic E-state index is 0.494. The van der Waals surface area contributed by atoms with Crippen LogP contribution in [0.5, 0.6) is 0 Å². The Labute approximate surface area is 103 Å². The van der Waals surface area contributed by atoms with E-state index in [2.05, 4.69) is 21.0 Å². The average molecular weight is 239 g/mol. The predicted molar refractivity (Wildman–Crippen MR) is 70.2 cm³/mol. The number of hydrogen-bond acceptors (Lipinski definition) is 3. The normalized spacial score (nSPS) is 10.6. The lowest BCUT2D eigenvalue weighted by Gasteiger charge is -2.03. The molecular weight excluding hydrogens is 230 g/mol. The van der Waals surface area contributed by atoms with Gasteiger partial charge >= 0.3 is 0 Å². The van der Waals surface area contributed by atoms with Crippen molar-refractivity contribution in [2.45, 2.75) is 0 Å². The standard InChI is InChI=1S/C13H9N3S/c17-13-15-7-5-12(16-13)10-3-4-11-9(8-10)2-1-6-14-11/h1-8H,(H,15,16,17). The van der Waals surface area contributed by atoms with Gasteiger partial charge in [-0.2, -0.15) is 0 Å². The summed E-state index contributed by atoms with van der Waals surface area (Å²) < 4.78 is 0.494. The number of benzene rings is 1. The number of pyridine rings is 1. The molecule has 0 amide bonds. The van der Waals surface area contributed by atoms with Gasteiger partial charge in [-0.3, -0.25) is 4.98 Å². The largest absolute Gasteiger partial charge is 0.330 e. The molecule has 0 unspecified atom stereocenters. The molecule has 0 bridgehead atoms. The highest BCUT2D eigenvalue weighted by Gasteiger charge is 2.00. The van der Waals surface area contributed by atoms with Gasteiger partial charge in [0.25, 0.3) is 0 Å². The molecule has 3 rings (SSSR count). The van der Waals surface area contributed by atoms with Crippen molar-refractivity contribution >= 4 is 23.1 Å². The first-order valence-corrected chi connectivity index (χ1v) is 5.64. The number of nitrogens with one attached hydrogen (secondary N) is 1. The molecule has 0 aliphatic carbocycles. The Kier molecular flexibility index (Phi) is 2.42. The summed E-state index contributed by atoms with van der Waals surface area (Å²) in [6.45, 7) is 0. The first-order chi connectivity index (χ1) is 8.33. The number of nitrogens with zero attached hydrogens (tertiary/aromatic N) is 2. The molecule has 3 aromatic rings. The van der Waals surface area contributed by atoms with Gasteiger partial charge in [0.15, 0.2) is 4.77 Å². The second-order valence-electron chi connectivity index (χ2n) is 3.70. The molecule has 17 heavy (non-hydrogen) atoms. The lowest BCUT2D eigenvalue weighted by Crippen LogP contribution is -1.86. The zero-order valence-corrected chi connectivity index (χ0v) is 9.74. The van der Waals surface area contributed by atoms with Crippen LogP contribution in [0.15, 0.2) is 48.8 Å². The zero-order valence-electron chi connectivity index (χ0n) is 8.92. The van der Waals surface area contributed by atoms with Crippen molar-refractivity contribution < 1.29 is 0 Å². The molecule has 1 aromatic carbocycles. The van der Waals surface area contributed by atoms with Crippen molar-refractivity contribution in [1.82, 2.24) is 15.0 Å². The van der Waals surface area contributed by atoms with Gasteiger partial charge in [-0.15, -0.1) is 0 Å². The fraction of sp³-hybridized carbons (Fsp3) is 0. The molecule has 0 fully saturated rings. The fourth-order valence-corrected chi connectivity index (χ4v) is 1.95. The van der Waals surface area contributed by atoms with Gasteiger partial charge in [0.1, 0.15) is 0 Å². The molecule has 0 atom stereocenters. The lowest BCUT2D eigenvalue weighted by atomic mass is 10.1. The molecule has 0 radical (unpaired) electrons. The van der Waals surface area contributed by atoms with E-state index in [9.17, 15) is 0 Å². The Balaban J connectivity index is 2.21. The third-order valence-electron chi connectivity index (χ3n) is 2.59. The van der Waals surface area contributed by atoms with Crippen molar-refractivity contribution in [3.63, 3.8) is 0 Å². The van der Waals surface area contributed by atoms with Gasteiger partial charge in [0.05, 0.1) is 5.52 Å². The van der Waals surface area contributed by atoms with Crippen molar-refractivity contribution in [3.8, 4) is 11.3 Å². The Morgan fingerprint density at radius 1 is 1.00 bits per heavy atom. The van der Waals surface area contributed by atoms with Crippen LogP contribution >= 0.6 is 12.2 Å². The van der Waals surface area contributed by atoms with E-state index >= 15 is 0 Å². The van der Waals surface area contributed by atoms with Gasteiger partial charge in [0, 0.05) is 23.5 Å². The smallest absolute Gasteiger partial charge is 0.197 e. The van der Waals surface area contributed by atoms with Crippen LogP contribution in [0, 0.1) is 4.77 Å². The van der Waals surface area contributed by atoms with E-state index < -0.39 is 0 Å². The molecule has 2 heterocycles. The van der Waals surface area contributed by atoms with E-state index in [1.165, 1.54) is 0 Å². The number of aromatic amines is 1. The molecule has 0 saturated heterocycles. The number of fused-ring (bicyclic) bond motifs is 1. The van der Waals surface area contributed by atoms with Crippen LogP contribution in [0.4, 0.5) is 0 Å². The van der Waals surface area contributed by atoms with Gasteiger partial charge in [0.2, 0.25) is 0 Å². The predicted octanol–water partition coefficient (Wildman–Crippen LogP) is 3.35. The quantitative estimate of drug-likeness (QED) is 0.662. The molecule has 82 valence electrons. The van der Waals surface area contributed by atoms with E-state index in [0.717, 1.165) is 22.2 Å². The van der Waals surface area contributed by atoms with Crippen LogP contribution in [0.1, 0.15) is 0 Å². The van der Waals surface area contributed by atoms with Gasteiger partial charge in [-0.25, -0.2) is 4.98 Å². The van der Waals surface area contributed by atoms with Crippen LogP contribution in [0.3, 0.4) is 0 Å². The summed E-state index contributed by atoms with van der Waals surface area (Å²) in [5.41, 5.74) is 3.04. The summed E-state index contributed by atoms with van der Waals surface area (Å²) in [4.78, 5) is 11.3. The molecule has 1 N–H and O–H groups in total. The number of hydrogen-bond donors (Lipinski definition) is 1. The van der Waals surface area contributed by atoms with E-state index in [-0.39, 0.29) is 0 Å². The van der Waals surface area contributed by atoms with Crippen LogP contribution in [-0.2, 0) is 0 Å². The van der Waals surface area contributed by atoms with E-state index in [1.807, 2.05) is 30.3 Å². The molecule has 0 aliphatic rings. The molecule has 0 saturated carbocycles. The maximum Gasteiger partial charge on any atom is 0.197 e. The first kappa shape index (κ1) is 10.1. The molecule has 2 aromatic heterocycles. The second kappa shape index (κ2) is 4.07. The van der Waals surface area contributed by atoms with E-state index in [1.54, 1.807) is 12.4 Å². The zero-order chi connectivity index (χ0) is 11.7. The Morgan fingerprint density at radius 2 is 1.94 bits per heavy atom. The highest BCUT2D eigenvalue weighted by Crippen LogP contribution is 2.21. The molecular formula is C13H9N3S.